The molecule has 0 aliphatic heterocycles. The van der Waals surface area contributed by atoms with Crippen molar-refractivity contribution in [3.05, 3.63) is 44.8 Å². The Labute approximate surface area is 122 Å². The zero-order chi connectivity index (χ0) is 13.8. The van der Waals surface area contributed by atoms with Gasteiger partial charge in [0.05, 0.1) is 6.54 Å². The van der Waals surface area contributed by atoms with E-state index in [1.807, 2.05) is 11.4 Å². The molecule has 5 nitrogen and oxygen atoms in total. The highest BCUT2D eigenvalue weighted by atomic mass is 79.9. The fraction of sp³-hybridized carbons (Fsp3) is 0.167. The summed E-state index contributed by atoms with van der Waals surface area (Å²) >= 11 is 4.89. The monoisotopic (exact) mass is 342 g/mol. The van der Waals surface area contributed by atoms with Crippen LogP contribution in [0.2, 0.25) is 0 Å². The molecule has 2 aromatic heterocycles. The molecular weight excluding hydrogens is 332 g/mol. The van der Waals surface area contributed by atoms with Gasteiger partial charge >= 0.3 is 5.97 Å². The number of carboxylic acids is 1. The van der Waals surface area contributed by atoms with Gasteiger partial charge in [0.1, 0.15) is 12.2 Å². The molecule has 0 spiro atoms. The van der Waals surface area contributed by atoms with Crippen molar-refractivity contribution in [2.24, 2.45) is 0 Å². The Hall–Kier alpha value is -1.60. The van der Waals surface area contributed by atoms with Crippen LogP contribution in [-0.2, 0) is 17.9 Å². The lowest BCUT2D eigenvalue weighted by Crippen LogP contribution is -2.26. The Bertz CT molecular complexity index is 606. The highest BCUT2D eigenvalue weighted by Gasteiger charge is 2.12. The second-order valence-corrected chi connectivity index (χ2v) is 5.74. The summed E-state index contributed by atoms with van der Waals surface area (Å²) in [5.74, 6) is -1.26. The van der Waals surface area contributed by atoms with Crippen molar-refractivity contribution in [2.75, 3.05) is 0 Å². The average Bonchev–Trinajstić information content (AvgIpc) is 2.94. The number of nitrogens with one attached hydrogen (secondary N) is 1. The molecular formula is C12H11BrN2O3S. The topological polar surface area (TPSA) is 71.3 Å². The van der Waals surface area contributed by atoms with Gasteiger partial charge in [0.2, 0.25) is 0 Å². The Balaban J connectivity index is 2.00. The standard InChI is InChI=1S/C12H11BrN2O3S/c13-8-4-9(19-7-8)5-14-12(18)10-2-1-3-15(10)6-11(16)17/h1-4,7H,5-6H2,(H,14,18)(H,16,17). The molecule has 0 aromatic carbocycles. The zero-order valence-corrected chi connectivity index (χ0v) is 12.2. The molecule has 0 aliphatic carbocycles. The average molecular weight is 343 g/mol. The molecule has 0 saturated heterocycles. The highest BCUT2D eigenvalue weighted by molar-refractivity contribution is 9.10. The second-order valence-electron chi connectivity index (χ2n) is 3.83. The maximum absolute atomic E-state index is 12.0. The molecule has 0 atom stereocenters. The first-order valence-corrected chi connectivity index (χ1v) is 7.11. The van der Waals surface area contributed by atoms with Gasteiger partial charge in [0.25, 0.3) is 5.91 Å². The minimum absolute atomic E-state index is 0.222. The molecule has 19 heavy (non-hydrogen) atoms. The van der Waals surface area contributed by atoms with Crippen LogP contribution in [0.15, 0.2) is 34.2 Å². The minimum atomic E-state index is -0.979. The highest BCUT2D eigenvalue weighted by Crippen LogP contribution is 2.19. The molecule has 0 radical (unpaired) electrons. The summed E-state index contributed by atoms with van der Waals surface area (Å²) in [6, 6.07) is 5.18. The smallest absolute Gasteiger partial charge is 0.323 e. The Morgan fingerprint density at radius 3 is 2.89 bits per heavy atom. The number of rotatable bonds is 5. The first-order valence-electron chi connectivity index (χ1n) is 5.44. The Morgan fingerprint density at radius 1 is 1.47 bits per heavy atom. The molecule has 2 N–H and O–H groups in total. The number of carbonyl (C=O) groups excluding carboxylic acids is 1. The van der Waals surface area contributed by atoms with Crippen molar-refractivity contribution in [3.63, 3.8) is 0 Å². The lowest BCUT2D eigenvalue weighted by atomic mass is 10.3. The van der Waals surface area contributed by atoms with Crippen LogP contribution < -0.4 is 5.32 Å². The van der Waals surface area contributed by atoms with Crippen molar-refractivity contribution in [2.45, 2.75) is 13.1 Å². The fourth-order valence-corrected chi connectivity index (χ4v) is 3.00. The fourth-order valence-electron chi connectivity index (χ4n) is 1.61. The molecule has 0 fully saturated rings. The maximum atomic E-state index is 12.0. The van der Waals surface area contributed by atoms with E-state index in [1.54, 1.807) is 29.7 Å². The van der Waals surface area contributed by atoms with E-state index in [4.69, 9.17) is 5.11 Å². The summed E-state index contributed by atoms with van der Waals surface area (Å²) in [5, 5.41) is 13.5. The van der Waals surface area contributed by atoms with Gasteiger partial charge in [-0.05, 0) is 34.1 Å². The van der Waals surface area contributed by atoms with Gasteiger partial charge < -0.3 is 15.0 Å². The van der Waals surface area contributed by atoms with Gasteiger partial charge in [-0.3, -0.25) is 9.59 Å². The van der Waals surface area contributed by atoms with Crippen molar-refractivity contribution < 1.29 is 14.7 Å². The number of aromatic nitrogens is 1. The summed E-state index contributed by atoms with van der Waals surface area (Å²) in [6.07, 6.45) is 1.57. The van der Waals surface area contributed by atoms with Crippen molar-refractivity contribution >= 4 is 39.1 Å². The van der Waals surface area contributed by atoms with E-state index < -0.39 is 5.97 Å². The number of carboxylic acid groups (broad SMARTS) is 1. The largest absolute Gasteiger partial charge is 0.480 e. The third-order valence-electron chi connectivity index (χ3n) is 2.41. The van der Waals surface area contributed by atoms with Crippen molar-refractivity contribution in [1.29, 1.82) is 0 Å². The van der Waals surface area contributed by atoms with Crippen LogP contribution in [0.3, 0.4) is 0 Å². The van der Waals surface area contributed by atoms with Crippen LogP contribution in [0.4, 0.5) is 0 Å². The molecule has 0 unspecified atom stereocenters. The summed E-state index contributed by atoms with van der Waals surface area (Å²) < 4.78 is 2.39. The number of hydrogen-bond donors (Lipinski definition) is 2. The quantitative estimate of drug-likeness (QED) is 0.875. The number of halogens is 1. The predicted octanol–water partition coefficient (Wildman–Crippen LogP) is 2.33. The molecule has 100 valence electrons. The van der Waals surface area contributed by atoms with Crippen LogP contribution in [0.5, 0.6) is 0 Å². The molecule has 2 aromatic rings. The van der Waals surface area contributed by atoms with E-state index in [2.05, 4.69) is 21.2 Å². The number of carbonyl (C=O) groups is 2. The number of hydrogen-bond acceptors (Lipinski definition) is 3. The van der Waals surface area contributed by atoms with Crippen LogP contribution in [0, 0.1) is 0 Å². The Morgan fingerprint density at radius 2 is 2.26 bits per heavy atom. The summed E-state index contributed by atoms with van der Waals surface area (Å²) in [4.78, 5) is 23.6. The number of amides is 1. The van der Waals surface area contributed by atoms with Gasteiger partial charge in [0.15, 0.2) is 0 Å². The van der Waals surface area contributed by atoms with E-state index >= 15 is 0 Å². The summed E-state index contributed by atoms with van der Waals surface area (Å²) in [7, 11) is 0. The predicted molar refractivity (Wildman–Crippen MR) is 75.3 cm³/mol. The van der Waals surface area contributed by atoms with Crippen molar-refractivity contribution in [1.82, 2.24) is 9.88 Å². The van der Waals surface area contributed by atoms with E-state index in [-0.39, 0.29) is 12.5 Å². The van der Waals surface area contributed by atoms with E-state index in [1.165, 1.54) is 4.57 Å². The SMILES string of the molecule is O=C(O)Cn1cccc1C(=O)NCc1cc(Br)cs1. The third kappa shape index (κ3) is 3.68. The molecule has 1 amide bonds. The van der Waals surface area contributed by atoms with Crippen LogP contribution in [0.25, 0.3) is 0 Å². The Kier molecular flexibility index (Phi) is 4.39. The summed E-state index contributed by atoms with van der Waals surface area (Å²) in [5.41, 5.74) is 0.345. The molecule has 0 aliphatic rings. The second kappa shape index (κ2) is 6.03. The van der Waals surface area contributed by atoms with Gasteiger partial charge in [-0.15, -0.1) is 11.3 Å². The molecule has 2 rings (SSSR count). The lowest BCUT2D eigenvalue weighted by molar-refractivity contribution is -0.137. The van der Waals surface area contributed by atoms with E-state index in [9.17, 15) is 9.59 Å². The molecule has 7 heteroatoms. The van der Waals surface area contributed by atoms with E-state index in [0.717, 1.165) is 9.35 Å². The molecule has 2 heterocycles. The van der Waals surface area contributed by atoms with E-state index in [0.29, 0.717) is 12.2 Å². The van der Waals surface area contributed by atoms with Gasteiger partial charge in [-0.2, -0.15) is 0 Å². The van der Waals surface area contributed by atoms with Crippen LogP contribution in [-0.4, -0.2) is 21.6 Å². The number of thiophene rings is 1. The van der Waals surface area contributed by atoms with Crippen LogP contribution in [0.1, 0.15) is 15.4 Å². The van der Waals surface area contributed by atoms with Gasteiger partial charge in [-0.25, -0.2) is 0 Å². The molecule has 0 saturated carbocycles. The van der Waals surface area contributed by atoms with Crippen LogP contribution >= 0.6 is 27.3 Å². The minimum Gasteiger partial charge on any atom is -0.480 e. The third-order valence-corrected chi connectivity index (χ3v) is 4.11. The number of aliphatic carboxylic acids is 1. The van der Waals surface area contributed by atoms with Crippen molar-refractivity contribution in [3.8, 4) is 0 Å². The summed E-state index contributed by atoms with van der Waals surface area (Å²) in [6.45, 7) is 0.202. The van der Waals surface area contributed by atoms with Gasteiger partial charge in [0, 0.05) is 20.9 Å². The normalized spacial score (nSPS) is 10.4. The number of nitrogens with zero attached hydrogens (tertiary/aromatic N) is 1. The first-order chi connectivity index (χ1) is 9.06. The maximum Gasteiger partial charge on any atom is 0.323 e. The van der Waals surface area contributed by atoms with Gasteiger partial charge in [-0.1, -0.05) is 0 Å². The molecule has 0 bridgehead atoms. The first kappa shape index (κ1) is 13.8. The zero-order valence-electron chi connectivity index (χ0n) is 9.80. The lowest BCUT2D eigenvalue weighted by Gasteiger charge is -2.07.